The lowest BCUT2D eigenvalue weighted by atomic mass is 10.1. The quantitative estimate of drug-likeness (QED) is 0.879. The van der Waals surface area contributed by atoms with E-state index in [1.54, 1.807) is 0 Å². The molecule has 94 valence electrons. The molecule has 0 aromatic heterocycles. The van der Waals surface area contributed by atoms with Crippen LogP contribution < -0.4 is 5.73 Å². The summed E-state index contributed by atoms with van der Waals surface area (Å²) in [5.41, 5.74) is 6.69. The van der Waals surface area contributed by atoms with Crippen molar-refractivity contribution in [3.05, 3.63) is 34.9 Å². The third-order valence-corrected chi connectivity index (χ3v) is 3.32. The van der Waals surface area contributed by atoms with Gasteiger partial charge in [-0.05, 0) is 18.9 Å². The van der Waals surface area contributed by atoms with Crippen molar-refractivity contribution in [3.8, 4) is 0 Å². The first-order valence-electron chi connectivity index (χ1n) is 5.99. The molecule has 0 aliphatic carbocycles. The van der Waals surface area contributed by atoms with E-state index in [0.717, 1.165) is 25.0 Å². The molecule has 1 aliphatic heterocycles. The van der Waals surface area contributed by atoms with Gasteiger partial charge < -0.3 is 15.2 Å². The highest BCUT2D eigenvalue weighted by molar-refractivity contribution is 6.31. The molecule has 2 atom stereocenters. The number of rotatable bonds is 5. The van der Waals surface area contributed by atoms with Crippen molar-refractivity contribution < 1.29 is 9.47 Å². The van der Waals surface area contributed by atoms with Crippen LogP contribution in [-0.4, -0.2) is 25.9 Å². The summed E-state index contributed by atoms with van der Waals surface area (Å²) in [5.74, 6) is 0. The lowest BCUT2D eigenvalue weighted by Gasteiger charge is -2.19. The van der Waals surface area contributed by atoms with Gasteiger partial charge in [-0.3, -0.25) is 0 Å². The maximum Gasteiger partial charge on any atom is 0.0962 e. The Morgan fingerprint density at radius 2 is 2.29 bits per heavy atom. The number of nitrogens with two attached hydrogens (primary N) is 1. The van der Waals surface area contributed by atoms with E-state index in [4.69, 9.17) is 26.8 Å². The molecule has 2 rings (SSSR count). The zero-order valence-electron chi connectivity index (χ0n) is 9.77. The lowest BCUT2D eigenvalue weighted by Crippen LogP contribution is -2.22. The van der Waals surface area contributed by atoms with Gasteiger partial charge in [0, 0.05) is 23.7 Å². The van der Waals surface area contributed by atoms with Crippen molar-refractivity contribution in [2.24, 2.45) is 5.73 Å². The van der Waals surface area contributed by atoms with Crippen LogP contribution >= 0.6 is 11.6 Å². The highest BCUT2D eigenvalue weighted by atomic mass is 35.5. The number of benzene rings is 1. The largest absolute Gasteiger partial charge is 0.376 e. The summed E-state index contributed by atoms with van der Waals surface area (Å²) in [5, 5.41) is 0.704. The molecule has 1 saturated heterocycles. The summed E-state index contributed by atoms with van der Waals surface area (Å²) in [6, 6.07) is 7.66. The fraction of sp³-hybridized carbons (Fsp3) is 0.538. The summed E-state index contributed by atoms with van der Waals surface area (Å²) in [4.78, 5) is 0. The molecular formula is C13H18ClNO2. The predicted octanol–water partition coefficient (Wildman–Crippen LogP) is 2.54. The van der Waals surface area contributed by atoms with E-state index < -0.39 is 0 Å². The van der Waals surface area contributed by atoms with Gasteiger partial charge in [-0.2, -0.15) is 0 Å². The standard InChI is InChI=1S/C13H18ClNO2/c14-12-6-2-1-5-11(12)13(8-15)17-9-10-4-3-7-16-10/h1-2,5-6,10,13H,3-4,7-9,15H2. The van der Waals surface area contributed by atoms with Gasteiger partial charge in [0.15, 0.2) is 0 Å². The third-order valence-electron chi connectivity index (χ3n) is 2.97. The number of ether oxygens (including phenoxy) is 2. The fourth-order valence-corrected chi connectivity index (χ4v) is 2.28. The Labute approximate surface area is 107 Å². The van der Waals surface area contributed by atoms with Crippen LogP contribution in [0.25, 0.3) is 0 Å². The summed E-state index contributed by atoms with van der Waals surface area (Å²) >= 11 is 6.13. The summed E-state index contributed by atoms with van der Waals surface area (Å²) in [6.07, 6.45) is 2.26. The minimum atomic E-state index is -0.145. The van der Waals surface area contributed by atoms with Crippen molar-refractivity contribution in [3.63, 3.8) is 0 Å². The van der Waals surface area contributed by atoms with E-state index in [1.165, 1.54) is 0 Å². The van der Waals surface area contributed by atoms with Gasteiger partial charge in [0.05, 0.1) is 18.8 Å². The second kappa shape index (κ2) is 6.36. The van der Waals surface area contributed by atoms with Crippen LogP contribution in [0, 0.1) is 0 Å². The fourth-order valence-electron chi connectivity index (χ4n) is 2.02. The van der Waals surface area contributed by atoms with Gasteiger partial charge in [-0.1, -0.05) is 29.8 Å². The van der Waals surface area contributed by atoms with Gasteiger partial charge in [-0.15, -0.1) is 0 Å². The van der Waals surface area contributed by atoms with Crippen LogP contribution in [0.1, 0.15) is 24.5 Å². The topological polar surface area (TPSA) is 44.5 Å². The molecule has 3 nitrogen and oxygen atoms in total. The van der Waals surface area contributed by atoms with Crippen molar-refractivity contribution in [1.29, 1.82) is 0 Å². The first-order valence-corrected chi connectivity index (χ1v) is 6.36. The molecule has 4 heteroatoms. The van der Waals surface area contributed by atoms with E-state index in [0.29, 0.717) is 18.2 Å². The van der Waals surface area contributed by atoms with Crippen LogP contribution in [0.3, 0.4) is 0 Å². The zero-order valence-corrected chi connectivity index (χ0v) is 10.5. The van der Waals surface area contributed by atoms with E-state index in [-0.39, 0.29) is 12.2 Å². The van der Waals surface area contributed by atoms with Crippen molar-refractivity contribution in [1.82, 2.24) is 0 Å². The Hall–Kier alpha value is -0.610. The van der Waals surface area contributed by atoms with Crippen LogP contribution in [0.5, 0.6) is 0 Å². The van der Waals surface area contributed by atoms with Crippen molar-refractivity contribution in [2.75, 3.05) is 19.8 Å². The molecule has 1 aromatic carbocycles. The molecule has 2 unspecified atom stereocenters. The van der Waals surface area contributed by atoms with Crippen LogP contribution in [-0.2, 0) is 9.47 Å². The Kier molecular flexibility index (Phi) is 4.80. The summed E-state index contributed by atoms with van der Waals surface area (Å²) in [7, 11) is 0. The molecule has 0 saturated carbocycles. The highest BCUT2D eigenvalue weighted by Crippen LogP contribution is 2.25. The molecule has 1 aromatic rings. The molecular weight excluding hydrogens is 238 g/mol. The summed E-state index contributed by atoms with van der Waals surface area (Å²) < 4.78 is 11.3. The molecule has 0 amide bonds. The predicted molar refractivity (Wildman–Crippen MR) is 68.2 cm³/mol. The normalized spacial score (nSPS) is 21.6. The number of hydrogen-bond donors (Lipinski definition) is 1. The van der Waals surface area contributed by atoms with Gasteiger partial charge in [0.2, 0.25) is 0 Å². The van der Waals surface area contributed by atoms with E-state index in [1.807, 2.05) is 24.3 Å². The Balaban J connectivity index is 1.94. The number of halogens is 1. The Morgan fingerprint density at radius 1 is 1.47 bits per heavy atom. The van der Waals surface area contributed by atoms with Gasteiger partial charge >= 0.3 is 0 Å². The van der Waals surface area contributed by atoms with E-state index in [2.05, 4.69) is 0 Å². The van der Waals surface area contributed by atoms with Crippen LogP contribution in [0.15, 0.2) is 24.3 Å². The van der Waals surface area contributed by atoms with Gasteiger partial charge in [0.25, 0.3) is 0 Å². The number of hydrogen-bond acceptors (Lipinski definition) is 3. The minimum absolute atomic E-state index is 0.145. The Morgan fingerprint density at radius 3 is 2.94 bits per heavy atom. The van der Waals surface area contributed by atoms with E-state index >= 15 is 0 Å². The Bertz CT molecular complexity index is 353. The highest BCUT2D eigenvalue weighted by Gasteiger charge is 2.19. The average Bonchev–Trinajstić information content (AvgIpc) is 2.85. The molecule has 0 bridgehead atoms. The monoisotopic (exact) mass is 255 g/mol. The van der Waals surface area contributed by atoms with Crippen molar-refractivity contribution >= 4 is 11.6 Å². The first kappa shape index (κ1) is 12.8. The molecule has 2 N–H and O–H groups in total. The van der Waals surface area contributed by atoms with Gasteiger partial charge in [-0.25, -0.2) is 0 Å². The molecule has 1 heterocycles. The van der Waals surface area contributed by atoms with Crippen molar-refractivity contribution in [2.45, 2.75) is 25.0 Å². The minimum Gasteiger partial charge on any atom is -0.376 e. The maximum absolute atomic E-state index is 6.13. The second-order valence-electron chi connectivity index (χ2n) is 4.21. The first-order chi connectivity index (χ1) is 8.31. The molecule has 17 heavy (non-hydrogen) atoms. The molecule has 1 fully saturated rings. The van der Waals surface area contributed by atoms with Crippen LogP contribution in [0.2, 0.25) is 5.02 Å². The second-order valence-corrected chi connectivity index (χ2v) is 4.62. The maximum atomic E-state index is 6.13. The summed E-state index contributed by atoms with van der Waals surface area (Å²) in [6.45, 7) is 1.86. The van der Waals surface area contributed by atoms with Gasteiger partial charge in [0.1, 0.15) is 0 Å². The molecule has 1 aliphatic rings. The smallest absolute Gasteiger partial charge is 0.0962 e. The molecule has 0 spiro atoms. The van der Waals surface area contributed by atoms with E-state index in [9.17, 15) is 0 Å². The molecule has 0 radical (unpaired) electrons. The lowest BCUT2D eigenvalue weighted by molar-refractivity contribution is -0.0181. The third kappa shape index (κ3) is 3.42. The SMILES string of the molecule is NCC(OCC1CCCO1)c1ccccc1Cl. The van der Waals surface area contributed by atoms with Crippen LogP contribution in [0.4, 0.5) is 0 Å². The average molecular weight is 256 g/mol. The zero-order chi connectivity index (χ0) is 12.1.